The van der Waals surface area contributed by atoms with E-state index in [2.05, 4.69) is 44.1 Å². The smallest absolute Gasteiger partial charge is 0.213 e. The lowest BCUT2D eigenvalue weighted by molar-refractivity contribution is 0.198. The highest BCUT2D eigenvalue weighted by atomic mass is 16.5. The summed E-state index contributed by atoms with van der Waals surface area (Å²) < 4.78 is 5.86. The number of hydrogen-bond donors (Lipinski definition) is 1. The largest absolute Gasteiger partial charge is 0.475 e. The van der Waals surface area contributed by atoms with Gasteiger partial charge in [-0.05, 0) is 38.8 Å². The zero-order valence-electron chi connectivity index (χ0n) is 13.5. The molecule has 1 aromatic heterocycles. The quantitative estimate of drug-likeness (QED) is 0.640. The van der Waals surface area contributed by atoms with Gasteiger partial charge in [0.2, 0.25) is 5.88 Å². The van der Waals surface area contributed by atoms with Gasteiger partial charge in [0, 0.05) is 18.3 Å². The first-order chi connectivity index (χ1) is 9.67. The molecule has 0 aromatic carbocycles. The standard InChI is InChI=1S/C17H30N2O/c1-5-7-8-9-10-14(3)20-17-12-11-16(13-19-17)15(4)18-6-2/h11-15,18H,5-10H2,1-4H3. The van der Waals surface area contributed by atoms with E-state index in [1.165, 1.54) is 31.2 Å². The molecule has 0 fully saturated rings. The highest BCUT2D eigenvalue weighted by molar-refractivity contribution is 5.20. The minimum absolute atomic E-state index is 0.247. The number of rotatable bonds is 10. The minimum atomic E-state index is 0.247. The van der Waals surface area contributed by atoms with Crippen LogP contribution in [0, 0.1) is 0 Å². The topological polar surface area (TPSA) is 34.1 Å². The number of aromatic nitrogens is 1. The van der Waals surface area contributed by atoms with Crippen LogP contribution in [0.5, 0.6) is 5.88 Å². The molecule has 2 unspecified atom stereocenters. The van der Waals surface area contributed by atoms with Crippen LogP contribution >= 0.6 is 0 Å². The molecule has 0 spiro atoms. The third-order valence-corrected chi connectivity index (χ3v) is 3.56. The highest BCUT2D eigenvalue weighted by Crippen LogP contribution is 2.16. The molecule has 3 heteroatoms. The Morgan fingerprint density at radius 1 is 1.15 bits per heavy atom. The summed E-state index contributed by atoms with van der Waals surface area (Å²) in [6.07, 6.45) is 8.41. The predicted octanol–water partition coefficient (Wildman–Crippen LogP) is 4.49. The van der Waals surface area contributed by atoms with Gasteiger partial charge in [0.05, 0.1) is 6.10 Å². The van der Waals surface area contributed by atoms with Crippen molar-refractivity contribution in [1.29, 1.82) is 0 Å². The van der Waals surface area contributed by atoms with Gasteiger partial charge >= 0.3 is 0 Å². The Kier molecular flexibility index (Phi) is 8.28. The van der Waals surface area contributed by atoms with Gasteiger partial charge in [-0.1, -0.05) is 39.2 Å². The average Bonchev–Trinajstić information content (AvgIpc) is 2.45. The van der Waals surface area contributed by atoms with Crippen LogP contribution in [-0.2, 0) is 0 Å². The first-order valence-corrected chi connectivity index (χ1v) is 8.03. The maximum absolute atomic E-state index is 5.86. The van der Waals surface area contributed by atoms with E-state index in [0.29, 0.717) is 6.04 Å². The Balaban J connectivity index is 2.36. The summed E-state index contributed by atoms with van der Waals surface area (Å²) in [6, 6.07) is 4.42. The molecule has 0 saturated carbocycles. The van der Waals surface area contributed by atoms with Gasteiger partial charge in [-0.25, -0.2) is 4.98 Å². The number of hydrogen-bond acceptors (Lipinski definition) is 3. The normalized spacial score (nSPS) is 14.0. The van der Waals surface area contributed by atoms with Gasteiger partial charge in [0.25, 0.3) is 0 Å². The first-order valence-electron chi connectivity index (χ1n) is 8.03. The average molecular weight is 278 g/mol. The van der Waals surface area contributed by atoms with Gasteiger partial charge in [-0.15, -0.1) is 0 Å². The Bertz CT molecular complexity index is 351. The van der Waals surface area contributed by atoms with Crippen molar-refractivity contribution in [2.24, 2.45) is 0 Å². The van der Waals surface area contributed by atoms with E-state index in [1.54, 1.807) is 0 Å². The van der Waals surface area contributed by atoms with E-state index >= 15 is 0 Å². The molecule has 1 N–H and O–H groups in total. The molecule has 0 amide bonds. The molecule has 0 aliphatic rings. The summed E-state index contributed by atoms with van der Waals surface area (Å²) in [4.78, 5) is 4.40. The Labute approximate surface area is 124 Å². The number of unbranched alkanes of at least 4 members (excludes halogenated alkanes) is 3. The molecule has 0 bridgehead atoms. The van der Waals surface area contributed by atoms with Crippen LogP contribution in [0.25, 0.3) is 0 Å². The second kappa shape index (κ2) is 9.76. The predicted molar refractivity (Wildman–Crippen MR) is 85.2 cm³/mol. The van der Waals surface area contributed by atoms with Crippen LogP contribution < -0.4 is 10.1 Å². The molecule has 0 radical (unpaired) electrons. The fourth-order valence-corrected chi connectivity index (χ4v) is 2.27. The zero-order chi connectivity index (χ0) is 14.8. The van der Waals surface area contributed by atoms with Gasteiger partial charge in [-0.2, -0.15) is 0 Å². The molecule has 20 heavy (non-hydrogen) atoms. The molecular formula is C17H30N2O. The summed E-state index contributed by atoms with van der Waals surface area (Å²) in [6.45, 7) is 9.59. The Morgan fingerprint density at radius 3 is 2.55 bits per heavy atom. The number of nitrogens with zero attached hydrogens (tertiary/aromatic N) is 1. The van der Waals surface area contributed by atoms with Crippen molar-refractivity contribution in [3.05, 3.63) is 23.9 Å². The monoisotopic (exact) mass is 278 g/mol. The molecule has 3 nitrogen and oxygen atoms in total. The summed E-state index contributed by atoms with van der Waals surface area (Å²) in [5.41, 5.74) is 1.20. The second-order valence-corrected chi connectivity index (χ2v) is 5.49. The van der Waals surface area contributed by atoms with Crippen molar-refractivity contribution < 1.29 is 4.74 Å². The number of pyridine rings is 1. The summed E-state index contributed by atoms with van der Waals surface area (Å²) >= 11 is 0. The maximum Gasteiger partial charge on any atom is 0.213 e. The highest BCUT2D eigenvalue weighted by Gasteiger charge is 2.07. The summed E-state index contributed by atoms with van der Waals surface area (Å²) in [5.74, 6) is 0.737. The van der Waals surface area contributed by atoms with Gasteiger partial charge in [-0.3, -0.25) is 0 Å². The fraction of sp³-hybridized carbons (Fsp3) is 0.706. The van der Waals surface area contributed by atoms with Crippen molar-refractivity contribution in [2.45, 2.75) is 71.9 Å². The molecule has 114 valence electrons. The van der Waals surface area contributed by atoms with Crippen LogP contribution in [0.4, 0.5) is 0 Å². The maximum atomic E-state index is 5.86. The molecule has 0 saturated heterocycles. The van der Waals surface area contributed by atoms with Gasteiger partial charge in [0.1, 0.15) is 0 Å². The third-order valence-electron chi connectivity index (χ3n) is 3.56. The first kappa shape index (κ1) is 17.0. The van der Waals surface area contributed by atoms with E-state index in [0.717, 1.165) is 18.8 Å². The van der Waals surface area contributed by atoms with Crippen LogP contribution in [0.1, 0.15) is 71.4 Å². The van der Waals surface area contributed by atoms with Crippen molar-refractivity contribution in [2.75, 3.05) is 6.54 Å². The van der Waals surface area contributed by atoms with Crippen molar-refractivity contribution in [3.8, 4) is 5.88 Å². The fourth-order valence-electron chi connectivity index (χ4n) is 2.27. The van der Waals surface area contributed by atoms with Crippen molar-refractivity contribution in [3.63, 3.8) is 0 Å². The molecule has 0 aliphatic carbocycles. The second-order valence-electron chi connectivity index (χ2n) is 5.49. The summed E-state index contributed by atoms with van der Waals surface area (Å²) in [7, 11) is 0. The van der Waals surface area contributed by atoms with Crippen LogP contribution in [0.15, 0.2) is 18.3 Å². The zero-order valence-corrected chi connectivity index (χ0v) is 13.5. The Hall–Kier alpha value is -1.09. The van der Waals surface area contributed by atoms with E-state index in [4.69, 9.17) is 4.74 Å². The minimum Gasteiger partial charge on any atom is -0.475 e. The van der Waals surface area contributed by atoms with E-state index in [1.807, 2.05) is 12.3 Å². The number of ether oxygens (including phenoxy) is 1. The molecular weight excluding hydrogens is 248 g/mol. The van der Waals surface area contributed by atoms with Gasteiger partial charge in [0.15, 0.2) is 0 Å². The van der Waals surface area contributed by atoms with E-state index in [-0.39, 0.29) is 6.10 Å². The van der Waals surface area contributed by atoms with E-state index < -0.39 is 0 Å². The van der Waals surface area contributed by atoms with Gasteiger partial charge < -0.3 is 10.1 Å². The molecule has 2 atom stereocenters. The molecule has 1 heterocycles. The van der Waals surface area contributed by atoms with Crippen molar-refractivity contribution in [1.82, 2.24) is 10.3 Å². The van der Waals surface area contributed by atoms with E-state index in [9.17, 15) is 0 Å². The van der Waals surface area contributed by atoms with Crippen LogP contribution in [0.2, 0.25) is 0 Å². The molecule has 0 aliphatic heterocycles. The third kappa shape index (κ3) is 6.38. The Morgan fingerprint density at radius 2 is 1.95 bits per heavy atom. The van der Waals surface area contributed by atoms with Crippen molar-refractivity contribution >= 4 is 0 Å². The molecule has 1 rings (SSSR count). The lowest BCUT2D eigenvalue weighted by atomic mass is 10.1. The van der Waals surface area contributed by atoms with Crippen LogP contribution in [0.3, 0.4) is 0 Å². The lowest BCUT2D eigenvalue weighted by Crippen LogP contribution is -2.18. The lowest BCUT2D eigenvalue weighted by Gasteiger charge is -2.15. The molecule has 1 aromatic rings. The SMILES string of the molecule is CCCCCCC(C)Oc1ccc(C(C)NCC)cn1. The summed E-state index contributed by atoms with van der Waals surface area (Å²) in [5, 5.41) is 3.38. The number of nitrogens with one attached hydrogen (secondary N) is 1. The van der Waals surface area contributed by atoms with Crippen LogP contribution in [-0.4, -0.2) is 17.6 Å².